The number of rotatable bonds is 7. The number of aryl methyl sites for hydroxylation is 1. The molecule has 0 bridgehead atoms. The van der Waals surface area contributed by atoms with Crippen LogP contribution in [0, 0.1) is 12.8 Å². The molecule has 124 valence electrons. The highest BCUT2D eigenvalue weighted by Crippen LogP contribution is 2.07. The Hall–Kier alpha value is -1.59. The average Bonchev–Trinajstić information content (AvgIpc) is 2.44. The van der Waals surface area contributed by atoms with Crippen molar-refractivity contribution in [3.8, 4) is 0 Å². The lowest BCUT2D eigenvalue weighted by Gasteiger charge is -2.21. The first-order chi connectivity index (χ1) is 9.95. The molecule has 0 saturated carbocycles. The molecule has 0 aliphatic rings. The molecule has 0 fully saturated rings. The summed E-state index contributed by atoms with van der Waals surface area (Å²) in [5.41, 5.74) is 6.98. The lowest BCUT2D eigenvalue weighted by molar-refractivity contribution is -0.123. The minimum Gasteiger partial charge on any atom is -0.354 e. The van der Waals surface area contributed by atoms with E-state index in [2.05, 4.69) is 10.6 Å². The van der Waals surface area contributed by atoms with E-state index in [-0.39, 0.29) is 30.1 Å². The minimum absolute atomic E-state index is 0. The third-order valence-corrected chi connectivity index (χ3v) is 3.20. The van der Waals surface area contributed by atoms with Gasteiger partial charge in [-0.15, -0.1) is 12.4 Å². The van der Waals surface area contributed by atoms with Gasteiger partial charge >= 0.3 is 0 Å². The molecule has 0 heterocycles. The van der Waals surface area contributed by atoms with Crippen molar-refractivity contribution in [2.24, 2.45) is 11.7 Å². The molecular weight excluding hydrogens is 302 g/mol. The maximum Gasteiger partial charge on any atom is 0.251 e. The number of hydrogen-bond donors (Lipinski definition) is 3. The Morgan fingerprint density at radius 1 is 1.27 bits per heavy atom. The van der Waals surface area contributed by atoms with Crippen molar-refractivity contribution in [3.05, 3.63) is 35.4 Å². The predicted octanol–water partition coefficient (Wildman–Crippen LogP) is 1.64. The fourth-order valence-electron chi connectivity index (χ4n) is 1.97. The smallest absolute Gasteiger partial charge is 0.251 e. The van der Waals surface area contributed by atoms with Crippen molar-refractivity contribution in [1.82, 2.24) is 10.6 Å². The van der Waals surface area contributed by atoms with Crippen LogP contribution in [0.5, 0.6) is 0 Å². The molecule has 0 aliphatic carbocycles. The second-order valence-electron chi connectivity index (χ2n) is 5.50. The zero-order chi connectivity index (χ0) is 15.8. The summed E-state index contributed by atoms with van der Waals surface area (Å²) in [7, 11) is 0. The fourth-order valence-corrected chi connectivity index (χ4v) is 1.97. The Morgan fingerprint density at radius 2 is 1.95 bits per heavy atom. The van der Waals surface area contributed by atoms with Gasteiger partial charge in [-0.3, -0.25) is 9.59 Å². The third-order valence-electron chi connectivity index (χ3n) is 3.20. The lowest BCUT2D eigenvalue weighted by Crippen LogP contribution is -2.50. The highest BCUT2D eigenvalue weighted by Gasteiger charge is 2.24. The van der Waals surface area contributed by atoms with E-state index in [4.69, 9.17) is 5.73 Å². The van der Waals surface area contributed by atoms with Crippen LogP contribution in [0.15, 0.2) is 24.3 Å². The minimum atomic E-state index is -0.546. The molecule has 0 radical (unpaired) electrons. The van der Waals surface area contributed by atoms with Gasteiger partial charge in [0.2, 0.25) is 5.91 Å². The van der Waals surface area contributed by atoms with Gasteiger partial charge in [0, 0.05) is 12.1 Å². The highest BCUT2D eigenvalue weighted by molar-refractivity contribution is 5.97. The van der Waals surface area contributed by atoms with Crippen LogP contribution < -0.4 is 16.4 Å². The van der Waals surface area contributed by atoms with Crippen molar-refractivity contribution >= 4 is 24.2 Å². The highest BCUT2D eigenvalue weighted by atomic mass is 35.5. The fraction of sp³-hybridized carbons (Fsp3) is 0.500. The Morgan fingerprint density at radius 3 is 2.50 bits per heavy atom. The number of carbonyl (C=O) groups is 2. The normalized spacial score (nSPS) is 11.5. The van der Waals surface area contributed by atoms with Crippen LogP contribution in [-0.2, 0) is 4.79 Å². The van der Waals surface area contributed by atoms with Crippen LogP contribution in [-0.4, -0.2) is 30.9 Å². The standard InChI is InChI=1S/C16H25N3O2.ClH/c1-11(2)14(16(21)18-9-5-8-17)19-15(20)13-7-4-6-12(3)10-13;/h4,6-7,10-11,14H,5,8-9,17H2,1-3H3,(H,18,21)(H,19,20);1H. The van der Waals surface area contributed by atoms with Crippen LogP contribution in [0.4, 0.5) is 0 Å². The van der Waals surface area contributed by atoms with Gasteiger partial charge in [0.05, 0.1) is 0 Å². The largest absolute Gasteiger partial charge is 0.354 e. The third kappa shape index (κ3) is 6.45. The van der Waals surface area contributed by atoms with Gasteiger partial charge in [0.25, 0.3) is 5.91 Å². The second-order valence-corrected chi connectivity index (χ2v) is 5.50. The van der Waals surface area contributed by atoms with Gasteiger partial charge < -0.3 is 16.4 Å². The molecule has 22 heavy (non-hydrogen) atoms. The van der Waals surface area contributed by atoms with Gasteiger partial charge in [-0.1, -0.05) is 31.5 Å². The first-order valence-corrected chi connectivity index (χ1v) is 7.31. The van der Waals surface area contributed by atoms with E-state index >= 15 is 0 Å². The molecular formula is C16H26ClN3O2. The first kappa shape index (κ1) is 20.4. The molecule has 1 aromatic carbocycles. The van der Waals surface area contributed by atoms with Crippen molar-refractivity contribution < 1.29 is 9.59 Å². The zero-order valence-electron chi connectivity index (χ0n) is 13.4. The van der Waals surface area contributed by atoms with Gasteiger partial charge in [0.15, 0.2) is 0 Å². The molecule has 6 heteroatoms. The van der Waals surface area contributed by atoms with Crippen LogP contribution in [0.3, 0.4) is 0 Å². The van der Waals surface area contributed by atoms with E-state index in [1.807, 2.05) is 32.9 Å². The van der Waals surface area contributed by atoms with Gasteiger partial charge in [-0.05, 0) is 37.9 Å². The Balaban J connectivity index is 0.00000441. The molecule has 0 aliphatic heterocycles. The Kier molecular flexibility index (Phi) is 9.45. The molecule has 1 rings (SSSR count). The summed E-state index contributed by atoms with van der Waals surface area (Å²) in [4.78, 5) is 24.4. The van der Waals surface area contributed by atoms with Crippen LogP contribution in [0.1, 0.15) is 36.2 Å². The summed E-state index contributed by atoms with van der Waals surface area (Å²) in [5.74, 6) is -0.387. The number of amides is 2. The first-order valence-electron chi connectivity index (χ1n) is 7.31. The molecule has 4 N–H and O–H groups in total. The number of nitrogens with two attached hydrogens (primary N) is 1. The lowest BCUT2D eigenvalue weighted by atomic mass is 10.0. The Bertz CT molecular complexity index is 492. The Labute approximate surface area is 138 Å². The monoisotopic (exact) mass is 327 g/mol. The van der Waals surface area contributed by atoms with Crippen LogP contribution in [0.2, 0.25) is 0 Å². The van der Waals surface area contributed by atoms with E-state index in [9.17, 15) is 9.59 Å². The number of benzene rings is 1. The predicted molar refractivity (Wildman–Crippen MR) is 91.2 cm³/mol. The van der Waals surface area contributed by atoms with E-state index in [0.29, 0.717) is 18.7 Å². The molecule has 5 nitrogen and oxygen atoms in total. The molecule has 1 unspecified atom stereocenters. The van der Waals surface area contributed by atoms with Crippen molar-refractivity contribution in [2.45, 2.75) is 33.2 Å². The molecule has 2 amide bonds. The topological polar surface area (TPSA) is 84.2 Å². The quantitative estimate of drug-likeness (QED) is 0.666. The average molecular weight is 328 g/mol. The van der Waals surface area contributed by atoms with E-state index in [0.717, 1.165) is 12.0 Å². The SMILES string of the molecule is Cc1cccc(C(=O)NC(C(=O)NCCCN)C(C)C)c1.Cl. The van der Waals surface area contributed by atoms with Crippen LogP contribution >= 0.6 is 12.4 Å². The van der Waals surface area contributed by atoms with Gasteiger partial charge in [0.1, 0.15) is 6.04 Å². The summed E-state index contributed by atoms with van der Waals surface area (Å²) in [6.07, 6.45) is 0.725. The number of hydrogen-bond acceptors (Lipinski definition) is 3. The molecule has 0 aromatic heterocycles. The van der Waals surface area contributed by atoms with E-state index in [1.54, 1.807) is 12.1 Å². The van der Waals surface area contributed by atoms with E-state index in [1.165, 1.54) is 0 Å². The summed E-state index contributed by atoms with van der Waals surface area (Å²) in [5, 5.41) is 5.60. The maximum absolute atomic E-state index is 12.2. The van der Waals surface area contributed by atoms with E-state index < -0.39 is 6.04 Å². The second kappa shape index (κ2) is 10.2. The summed E-state index contributed by atoms with van der Waals surface area (Å²) < 4.78 is 0. The summed E-state index contributed by atoms with van der Waals surface area (Å²) in [6, 6.07) is 6.76. The van der Waals surface area contributed by atoms with Crippen molar-refractivity contribution in [3.63, 3.8) is 0 Å². The van der Waals surface area contributed by atoms with Gasteiger partial charge in [-0.25, -0.2) is 0 Å². The zero-order valence-corrected chi connectivity index (χ0v) is 14.2. The summed E-state index contributed by atoms with van der Waals surface area (Å²) >= 11 is 0. The number of carbonyl (C=O) groups excluding carboxylic acids is 2. The van der Waals surface area contributed by atoms with Crippen molar-refractivity contribution in [2.75, 3.05) is 13.1 Å². The maximum atomic E-state index is 12.2. The number of halogens is 1. The summed E-state index contributed by atoms with van der Waals surface area (Å²) in [6.45, 7) is 6.80. The van der Waals surface area contributed by atoms with Crippen LogP contribution in [0.25, 0.3) is 0 Å². The molecule has 1 atom stereocenters. The molecule has 0 saturated heterocycles. The van der Waals surface area contributed by atoms with Gasteiger partial charge in [-0.2, -0.15) is 0 Å². The molecule has 1 aromatic rings. The number of nitrogens with one attached hydrogen (secondary N) is 2. The van der Waals surface area contributed by atoms with Crippen molar-refractivity contribution in [1.29, 1.82) is 0 Å². The molecule has 0 spiro atoms.